The van der Waals surface area contributed by atoms with Gasteiger partial charge in [-0.1, -0.05) is 35.0 Å². The minimum atomic E-state index is -3.55. The third kappa shape index (κ3) is 4.34. The van der Waals surface area contributed by atoms with E-state index in [0.717, 1.165) is 5.75 Å². The molecule has 5 nitrogen and oxygen atoms in total. The van der Waals surface area contributed by atoms with Gasteiger partial charge in [0.15, 0.2) is 5.76 Å². The summed E-state index contributed by atoms with van der Waals surface area (Å²) in [6.45, 7) is 5.65. The normalized spacial score (nSPS) is 11.8. The predicted molar refractivity (Wildman–Crippen MR) is 88.5 cm³/mol. The third-order valence-corrected chi connectivity index (χ3v) is 5.90. The van der Waals surface area contributed by atoms with Gasteiger partial charge >= 0.3 is 0 Å². The zero-order valence-electron chi connectivity index (χ0n) is 12.9. The Morgan fingerprint density at radius 1 is 1.18 bits per heavy atom. The van der Waals surface area contributed by atoms with E-state index < -0.39 is 10.0 Å². The first-order chi connectivity index (χ1) is 10.4. The van der Waals surface area contributed by atoms with E-state index in [1.807, 2.05) is 0 Å². The van der Waals surface area contributed by atoms with E-state index in [2.05, 4.69) is 41.1 Å². The van der Waals surface area contributed by atoms with Gasteiger partial charge in [-0.2, -0.15) is 11.8 Å². The summed E-state index contributed by atoms with van der Waals surface area (Å²) in [7, 11) is -3.55. The molecule has 2 aromatic rings. The van der Waals surface area contributed by atoms with Crippen LogP contribution in [0.25, 0.3) is 0 Å². The largest absolute Gasteiger partial charge is 0.360 e. The highest BCUT2D eigenvalue weighted by Gasteiger charge is 2.23. The lowest BCUT2D eigenvalue weighted by molar-refractivity contribution is 0.390. The van der Waals surface area contributed by atoms with E-state index >= 15 is 0 Å². The molecule has 1 aromatic heterocycles. The molecule has 0 bridgehead atoms. The number of thioether (sulfide) groups is 1. The van der Waals surface area contributed by atoms with Gasteiger partial charge in [0.2, 0.25) is 10.0 Å². The molecule has 0 radical (unpaired) electrons. The monoisotopic (exact) mass is 340 g/mol. The van der Waals surface area contributed by atoms with Crippen molar-refractivity contribution in [3.63, 3.8) is 0 Å². The molecule has 0 aliphatic rings. The van der Waals surface area contributed by atoms with Crippen molar-refractivity contribution in [1.29, 1.82) is 0 Å². The van der Waals surface area contributed by atoms with Crippen molar-refractivity contribution in [2.45, 2.75) is 31.4 Å². The number of sulfonamides is 1. The maximum Gasteiger partial charge on any atom is 0.245 e. The van der Waals surface area contributed by atoms with Crippen molar-refractivity contribution in [1.82, 2.24) is 9.88 Å². The first kappa shape index (κ1) is 17.1. The van der Waals surface area contributed by atoms with Crippen molar-refractivity contribution in [2.75, 3.05) is 12.3 Å². The Morgan fingerprint density at radius 3 is 2.45 bits per heavy atom. The van der Waals surface area contributed by atoms with Crippen molar-refractivity contribution < 1.29 is 12.9 Å². The highest BCUT2D eigenvalue weighted by molar-refractivity contribution is 7.98. The lowest BCUT2D eigenvalue weighted by atomic mass is 10.2. The second-order valence-corrected chi connectivity index (χ2v) is 7.90. The summed E-state index contributed by atoms with van der Waals surface area (Å²) in [4.78, 5) is 0.149. The van der Waals surface area contributed by atoms with Gasteiger partial charge < -0.3 is 4.52 Å². The molecule has 0 saturated carbocycles. The van der Waals surface area contributed by atoms with Crippen LogP contribution < -0.4 is 4.72 Å². The van der Waals surface area contributed by atoms with Crippen LogP contribution in [0, 0.1) is 20.8 Å². The first-order valence-corrected chi connectivity index (χ1v) is 9.60. The minimum Gasteiger partial charge on any atom is -0.360 e. The molecule has 120 valence electrons. The molecule has 0 fully saturated rings. The molecule has 0 spiro atoms. The van der Waals surface area contributed by atoms with Crippen molar-refractivity contribution in [2.24, 2.45) is 0 Å². The van der Waals surface area contributed by atoms with Crippen LogP contribution in [-0.4, -0.2) is 25.9 Å². The highest BCUT2D eigenvalue weighted by Crippen LogP contribution is 2.18. The van der Waals surface area contributed by atoms with Gasteiger partial charge in [-0.15, -0.1) is 0 Å². The third-order valence-electron chi connectivity index (χ3n) is 3.16. The fraction of sp³-hybridized carbons (Fsp3) is 0.400. The van der Waals surface area contributed by atoms with Crippen molar-refractivity contribution >= 4 is 21.8 Å². The number of nitrogens with one attached hydrogen (secondary N) is 1. The van der Waals surface area contributed by atoms with Gasteiger partial charge in [0, 0.05) is 18.1 Å². The summed E-state index contributed by atoms with van der Waals surface area (Å²) in [5.74, 6) is 1.89. The SMILES string of the molecule is Cc1ccc(CSCCNS(=O)(=O)c2c(C)noc2C)cc1. The van der Waals surface area contributed by atoms with Gasteiger partial charge in [0.1, 0.15) is 10.6 Å². The van der Waals surface area contributed by atoms with Crippen LogP contribution in [0.3, 0.4) is 0 Å². The predicted octanol–water partition coefficient (Wildman–Crippen LogP) is 2.81. The van der Waals surface area contributed by atoms with E-state index in [4.69, 9.17) is 4.52 Å². The number of benzene rings is 1. The summed E-state index contributed by atoms with van der Waals surface area (Å²) in [5.41, 5.74) is 2.86. The Bertz CT molecular complexity index is 702. The van der Waals surface area contributed by atoms with E-state index in [0.29, 0.717) is 23.8 Å². The Kier molecular flexibility index (Phi) is 5.66. The number of nitrogens with zero attached hydrogens (tertiary/aromatic N) is 1. The number of aryl methyl sites for hydroxylation is 3. The molecule has 1 heterocycles. The van der Waals surface area contributed by atoms with Crippen LogP contribution in [0.4, 0.5) is 0 Å². The molecule has 0 unspecified atom stereocenters. The summed E-state index contributed by atoms with van der Waals surface area (Å²) in [6.07, 6.45) is 0. The molecule has 1 aromatic carbocycles. The average Bonchev–Trinajstić information content (AvgIpc) is 2.80. The van der Waals surface area contributed by atoms with Crippen LogP contribution in [0.5, 0.6) is 0 Å². The second kappa shape index (κ2) is 7.30. The molecule has 0 saturated heterocycles. The van der Waals surface area contributed by atoms with Crippen LogP contribution >= 0.6 is 11.8 Å². The van der Waals surface area contributed by atoms with E-state index in [9.17, 15) is 8.42 Å². The summed E-state index contributed by atoms with van der Waals surface area (Å²) in [6, 6.07) is 8.35. The molecule has 0 atom stereocenters. The van der Waals surface area contributed by atoms with E-state index in [-0.39, 0.29) is 4.90 Å². The van der Waals surface area contributed by atoms with Crippen LogP contribution in [0.15, 0.2) is 33.7 Å². The lowest BCUT2D eigenvalue weighted by Crippen LogP contribution is -2.26. The van der Waals surface area contributed by atoms with Crippen LogP contribution in [-0.2, 0) is 15.8 Å². The molecule has 0 amide bonds. The average molecular weight is 340 g/mol. The molecule has 2 rings (SSSR count). The van der Waals surface area contributed by atoms with Gasteiger partial charge in [0.05, 0.1) is 0 Å². The van der Waals surface area contributed by atoms with E-state index in [1.165, 1.54) is 11.1 Å². The summed E-state index contributed by atoms with van der Waals surface area (Å²) < 4.78 is 31.9. The topological polar surface area (TPSA) is 72.2 Å². The molecule has 22 heavy (non-hydrogen) atoms. The molecular weight excluding hydrogens is 320 g/mol. The molecule has 7 heteroatoms. The maximum atomic E-state index is 12.2. The summed E-state index contributed by atoms with van der Waals surface area (Å²) in [5, 5.41) is 3.67. The standard InChI is InChI=1S/C15H20N2O3S2/c1-11-4-6-14(7-5-11)10-21-9-8-16-22(18,19)15-12(2)17-20-13(15)3/h4-7,16H,8-10H2,1-3H3. The smallest absolute Gasteiger partial charge is 0.245 e. The Hall–Kier alpha value is -1.31. The zero-order chi connectivity index (χ0) is 16.2. The first-order valence-electron chi connectivity index (χ1n) is 6.96. The van der Waals surface area contributed by atoms with E-state index in [1.54, 1.807) is 25.6 Å². The van der Waals surface area contributed by atoms with Gasteiger partial charge in [0.25, 0.3) is 0 Å². The fourth-order valence-electron chi connectivity index (χ4n) is 2.05. The fourth-order valence-corrected chi connectivity index (χ4v) is 4.36. The highest BCUT2D eigenvalue weighted by atomic mass is 32.2. The minimum absolute atomic E-state index is 0.149. The number of hydrogen-bond acceptors (Lipinski definition) is 5. The second-order valence-electron chi connectivity index (χ2n) is 5.09. The Labute approximate surface area is 135 Å². The van der Waals surface area contributed by atoms with Crippen molar-refractivity contribution in [3.8, 4) is 0 Å². The molecule has 0 aliphatic heterocycles. The molecular formula is C15H20N2O3S2. The number of rotatable bonds is 7. The van der Waals surface area contributed by atoms with Gasteiger partial charge in [-0.3, -0.25) is 0 Å². The Balaban J connectivity index is 1.80. The molecule has 0 aliphatic carbocycles. The maximum absolute atomic E-state index is 12.2. The van der Waals surface area contributed by atoms with Crippen molar-refractivity contribution in [3.05, 3.63) is 46.8 Å². The summed E-state index contributed by atoms with van der Waals surface area (Å²) >= 11 is 1.69. The molecule has 1 N–H and O–H groups in total. The van der Waals surface area contributed by atoms with Gasteiger partial charge in [-0.05, 0) is 26.3 Å². The zero-order valence-corrected chi connectivity index (χ0v) is 14.6. The van der Waals surface area contributed by atoms with Crippen LogP contribution in [0.2, 0.25) is 0 Å². The van der Waals surface area contributed by atoms with Gasteiger partial charge in [-0.25, -0.2) is 13.1 Å². The Morgan fingerprint density at radius 2 is 1.86 bits per heavy atom. The number of aromatic nitrogens is 1. The quantitative estimate of drug-likeness (QED) is 0.785. The van der Waals surface area contributed by atoms with Crippen LogP contribution in [0.1, 0.15) is 22.6 Å². The lowest BCUT2D eigenvalue weighted by Gasteiger charge is -2.06. The number of hydrogen-bond donors (Lipinski definition) is 1.